The number of rotatable bonds is 2. The lowest BCUT2D eigenvalue weighted by Crippen LogP contribution is -2.38. The lowest BCUT2D eigenvalue weighted by molar-refractivity contribution is -0.139. The molecule has 1 aromatic carbocycles. The predicted molar refractivity (Wildman–Crippen MR) is 86.9 cm³/mol. The number of hydrogen-bond donors (Lipinski definition) is 0. The average Bonchev–Trinajstić information content (AvgIpc) is 3.21. The van der Waals surface area contributed by atoms with Crippen LogP contribution in [0.25, 0.3) is 10.2 Å². The molecule has 0 spiro atoms. The molecule has 4 nitrogen and oxygen atoms in total. The molecule has 116 valence electrons. The van der Waals surface area contributed by atoms with E-state index in [1.54, 1.807) is 11.3 Å². The molecule has 1 atom stereocenters. The van der Waals surface area contributed by atoms with Crippen molar-refractivity contribution in [3.8, 4) is 0 Å². The highest BCUT2D eigenvalue weighted by atomic mass is 32.1. The van der Waals surface area contributed by atoms with Crippen LogP contribution in [0.2, 0.25) is 0 Å². The molecule has 2 aromatic rings. The number of amides is 1. The summed E-state index contributed by atoms with van der Waals surface area (Å²) in [7, 11) is 0. The normalized spacial score (nSPS) is 23.3. The van der Waals surface area contributed by atoms with E-state index in [1.807, 2.05) is 12.1 Å². The van der Waals surface area contributed by atoms with Crippen LogP contribution in [0.1, 0.15) is 36.7 Å². The van der Waals surface area contributed by atoms with Gasteiger partial charge in [0.1, 0.15) is 5.01 Å². The first-order valence-electron chi connectivity index (χ1n) is 8.06. The van der Waals surface area contributed by atoms with Gasteiger partial charge in [-0.15, -0.1) is 11.3 Å². The fourth-order valence-electron chi connectivity index (χ4n) is 3.50. The van der Waals surface area contributed by atoms with Crippen molar-refractivity contribution in [3.05, 3.63) is 29.3 Å². The Hall–Kier alpha value is -1.46. The van der Waals surface area contributed by atoms with Crippen LogP contribution in [0.4, 0.5) is 0 Å². The molecule has 2 saturated heterocycles. The smallest absolute Gasteiger partial charge is 0.226 e. The molecule has 4 rings (SSSR count). The van der Waals surface area contributed by atoms with E-state index < -0.39 is 0 Å². The number of likely N-dealkylation sites (tertiary alicyclic amines) is 1. The molecule has 1 amide bonds. The lowest BCUT2D eigenvalue weighted by Gasteiger charge is -2.29. The molecule has 1 aromatic heterocycles. The minimum atomic E-state index is 0.142. The number of aromatic nitrogens is 1. The SMILES string of the molecule is O=C(C1CCOCC1)N1CCCC1c1nc2ccccc2s1. The van der Waals surface area contributed by atoms with Gasteiger partial charge >= 0.3 is 0 Å². The number of fused-ring (bicyclic) bond motifs is 1. The van der Waals surface area contributed by atoms with E-state index in [-0.39, 0.29) is 12.0 Å². The second-order valence-electron chi connectivity index (χ2n) is 6.10. The van der Waals surface area contributed by atoms with Gasteiger partial charge in [-0.2, -0.15) is 0 Å². The Morgan fingerprint density at radius 1 is 1.23 bits per heavy atom. The van der Waals surface area contributed by atoms with Crippen LogP contribution in [0, 0.1) is 5.92 Å². The number of hydrogen-bond acceptors (Lipinski definition) is 4. The van der Waals surface area contributed by atoms with Crippen molar-refractivity contribution in [1.29, 1.82) is 0 Å². The fraction of sp³-hybridized carbons (Fsp3) is 0.529. The third-order valence-corrected chi connectivity index (χ3v) is 5.84. The summed E-state index contributed by atoms with van der Waals surface area (Å²) in [6.45, 7) is 2.31. The standard InChI is InChI=1S/C17H20N2O2S/c20-17(12-7-10-21-11-8-12)19-9-3-5-14(19)16-18-13-4-1-2-6-15(13)22-16/h1-2,4,6,12,14H,3,5,7-11H2. The van der Waals surface area contributed by atoms with E-state index in [2.05, 4.69) is 17.0 Å². The van der Waals surface area contributed by atoms with Crippen molar-refractivity contribution >= 4 is 27.5 Å². The van der Waals surface area contributed by atoms with Crippen molar-refractivity contribution in [3.63, 3.8) is 0 Å². The number of nitrogens with zero attached hydrogens (tertiary/aromatic N) is 2. The van der Waals surface area contributed by atoms with Gasteiger partial charge in [-0.05, 0) is 37.8 Å². The van der Waals surface area contributed by atoms with E-state index in [1.165, 1.54) is 4.70 Å². The first-order chi connectivity index (χ1) is 10.8. The molecule has 5 heteroatoms. The minimum Gasteiger partial charge on any atom is -0.381 e. The van der Waals surface area contributed by atoms with Crippen molar-refractivity contribution < 1.29 is 9.53 Å². The molecule has 3 heterocycles. The van der Waals surface area contributed by atoms with Crippen molar-refractivity contribution in [2.45, 2.75) is 31.7 Å². The Bertz CT molecular complexity index is 645. The van der Waals surface area contributed by atoms with Crippen LogP contribution < -0.4 is 0 Å². The Balaban J connectivity index is 1.58. The Morgan fingerprint density at radius 3 is 2.86 bits per heavy atom. The van der Waals surface area contributed by atoms with Gasteiger partial charge in [0.15, 0.2) is 0 Å². The summed E-state index contributed by atoms with van der Waals surface area (Å²) < 4.78 is 6.59. The van der Waals surface area contributed by atoms with Gasteiger partial charge in [0, 0.05) is 25.7 Å². The third-order valence-electron chi connectivity index (χ3n) is 4.70. The summed E-state index contributed by atoms with van der Waals surface area (Å²) in [5.41, 5.74) is 1.05. The van der Waals surface area contributed by atoms with E-state index in [9.17, 15) is 4.79 Å². The summed E-state index contributed by atoms with van der Waals surface area (Å²) in [6, 6.07) is 8.40. The first-order valence-corrected chi connectivity index (χ1v) is 8.88. The topological polar surface area (TPSA) is 42.4 Å². The molecule has 2 aliphatic rings. The van der Waals surface area contributed by atoms with Crippen LogP contribution in [0.5, 0.6) is 0 Å². The highest BCUT2D eigenvalue weighted by Crippen LogP contribution is 2.37. The van der Waals surface area contributed by atoms with E-state index >= 15 is 0 Å². The summed E-state index contributed by atoms with van der Waals surface area (Å²) >= 11 is 1.73. The van der Waals surface area contributed by atoms with Crippen molar-refractivity contribution in [1.82, 2.24) is 9.88 Å². The van der Waals surface area contributed by atoms with Gasteiger partial charge in [0.2, 0.25) is 5.91 Å². The molecule has 2 fully saturated rings. The van der Waals surface area contributed by atoms with Crippen LogP contribution in [-0.4, -0.2) is 35.5 Å². The van der Waals surface area contributed by atoms with Gasteiger partial charge < -0.3 is 9.64 Å². The highest BCUT2D eigenvalue weighted by molar-refractivity contribution is 7.18. The third kappa shape index (κ3) is 2.52. The molecule has 2 aliphatic heterocycles. The molecule has 0 aliphatic carbocycles. The number of ether oxygens (including phenoxy) is 1. The number of carbonyl (C=O) groups excluding carboxylic acids is 1. The zero-order valence-electron chi connectivity index (χ0n) is 12.5. The van der Waals surface area contributed by atoms with E-state index in [0.29, 0.717) is 5.91 Å². The molecule has 0 saturated carbocycles. The summed E-state index contributed by atoms with van der Waals surface area (Å²) in [6.07, 6.45) is 3.84. The van der Waals surface area contributed by atoms with Gasteiger partial charge in [-0.1, -0.05) is 12.1 Å². The largest absolute Gasteiger partial charge is 0.381 e. The van der Waals surface area contributed by atoms with Gasteiger partial charge in [0.05, 0.1) is 16.3 Å². The van der Waals surface area contributed by atoms with Crippen molar-refractivity contribution in [2.75, 3.05) is 19.8 Å². The maximum absolute atomic E-state index is 12.8. The quantitative estimate of drug-likeness (QED) is 0.853. The fourth-order valence-corrected chi connectivity index (χ4v) is 4.61. The van der Waals surface area contributed by atoms with Crippen LogP contribution in [0.15, 0.2) is 24.3 Å². The minimum absolute atomic E-state index is 0.142. The van der Waals surface area contributed by atoms with Gasteiger partial charge in [-0.3, -0.25) is 4.79 Å². The average molecular weight is 316 g/mol. The first kappa shape index (κ1) is 14.2. The number of para-hydroxylation sites is 1. The van der Waals surface area contributed by atoms with E-state index in [0.717, 1.165) is 56.0 Å². The predicted octanol–water partition coefficient (Wildman–Crippen LogP) is 3.39. The molecular formula is C17H20N2O2S. The second kappa shape index (κ2) is 5.97. The maximum atomic E-state index is 12.8. The maximum Gasteiger partial charge on any atom is 0.226 e. The highest BCUT2D eigenvalue weighted by Gasteiger charge is 2.36. The number of carbonyl (C=O) groups is 1. The zero-order valence-corrected chi connectivity index (χ0v) is 13.3. The number of thiazole rings is 1. The molecule has 22 heavy (non-hydrogen) atoms. The molecule has 0 N–H and O–H groups in total. The zero-order chi connectivity index (χ0) is 14.9. The Morgan fingerprint density at radius 2 is 2.05 bits per heavy atom. The summed E-state index contributed by atoms with van der Waals surface area (Å²) in [5, 5.41) is 1.10. The van der Waals surface area contributed by atoms with Crippen LogP contribution in [-0.2, 0) is 9.53 Å². The summed E-state index contributed by atoms with van der Waals surface area (Å²) in [5.74, 6) is 0.453. The van der Waals surface area contributed by atoms with Gasteiger partial charge in [-0.25, -0.2) is 4.98 Å². The lowest BCUT2D eigenvalue weighted by atomic mass is 9.98. The Kier molecular flexibility index (Phi) is 3.84. The molecule has 0 radical (unpaired) electrons. The summed E-state index contributed by atoms with van der Waals surface area (Å²) in [4.78, 5) is 19.7. The van der Waals surface area contributed by atoms with Crippen LogP contribution >= 0.6 is 11.3 Å². The van der Waals surface area contributed by atoms with Crippen molar-refractivity contribution in [2.24, 2.45) is 5.92 Å². The second-order valence-corrected chi connectivity index (χ2v) is 7.16. The van der Waals surface area contributed by atoms with Gasteiger partial charge in [0.25, 0.3) is 0 Å². The number of benzene rings is 1. The molecular weight excluding hydrogens is 296 g/mol. The Labute approximate surface area is 134 Å². The molecule has 1 unspecified atom stereocenters. The monoisotopic (exact) mass is 316 g/mol. The molecule has 0 bridgehead atoms. The van der Waals surface area contributed by atoms with Crippen LogP contribution in [0.3, 0.4) is 0 Å². The van der Waals surface area contributed by atoms with E-state index in [4.69, 9.17) is 9.72 Å².